The average Bonchev–Trinajstić information content (AvgIpc) is 2.28. The van der Waals surface area contributed by atoms with Gasteiger partial charge in [-0.15, -0.1) is 5.10 Å². The van der Waals surface area contributed by atoms with Gasteiger partial charge < -0.3 is 0 Å². The molecule has 0 radical (unpaired) electrons. The maximum absolute atomic E-state index is 13.6. The monoisotopic (exact) mass is 318 g/mol. The quantitative estimate of drug-likeness (QED) is 0.536. The van der Waals surface area contributed by atoms with E-state index in [1.54, 1.807) is 0 Å². The number of nitrogens with zero attached hydrogens (tertiary/aromatic N) is 4. The molecule has 0 N–H and O–H groups in total. The smallest absolute Gasteiger partial charge is 0.232 e. The van der Waals surface area contributed by atoms with Gasteiger partial charge in [0.2, 0.25) is 0 Å². The highest BCUT2D eigenvalue weighted by Gasteiger charge is 2.45. The predicted octanol–water partition coefficient (Wildman–Crippen LogP) is 1.36. The van der Waals surface area contributed by atoms with Crippen molar-refractivity contribution in [1.82, 2.24) is 20.2 Å². The van der Waals surface area contributed by atoms with Gasteiger partial charge >= 0.3 is 0 Å². The summed E-state index contributed by atoms with van der Waals surface area (Å²) in [6.07, 6.45) is -0.998. The molecule has 1 atom stereocenters. The molecule has 1 aromatic rings. The molecule has 1 unspecified atom stereocenters. The molecule has 8 heteroatoms. The zero-order valence-electron chi connectivity index (χ0n) is 6.92. The summed E-state index contributed by atoms with van der Waals surface area (Å²) in [7, 11) is 0. The predicted molar refractivity (Wildman–Crippen MR) is 48.9 cm³/mol. The number of tetrazole rings is 1. The van der Waals surface area contributed by atoms with Crippen LogP contribution in [0.25, 0.3) is 0 Å². The number of rotatable bonds is 0. The van der Waals surface area contributed by atoms with E-state index in [1.807, 2.05) is 0 Å². The van der Waals surface area contributed by atoms with Gasteiger partial charge in [-0.1, -0.05) is 0 Å². The van der Waals surface area contributed by atoms with E-state index in [-0.39, 0.29) is 12.2 Å². The summed E-state index contributed by atoms with van der Waals surface area (Å²) in [4.78, 5) is 0. The van der Waals surface area contributed by atoms with E-state index in [9.17, 15) is 13.2 Å². The molecule has 14 heavy (non-hydrogen) atoms. The minimum absolute atomic E-state index is 0.166. The molecule has 0 bridgehead atoms. The van der Waals surface area contributed by atoms with Crippen molar-refractivity contribution in [3.63, 3.8) is 0 Å². The van der Waals surface area contributed by atoms with Crippen LogP contribution in [0.4, 0.5) is 13.2 Å². The number of fused-ring (bicyclic) bond motifs is 1. The van der Waals surface area contributed by atoms with Gasteiger partial charge in [0.05, 0.1) is 12.8 Å². The summed E-state index contributed by atoms with van der Waals surface area (Å²) < 4.78 is 38.9. The maximum atomic E-state index is 13.6. The van der Waals surface area contributed by atoms with Crippen LogP contribution in [0.5, 0.6) is 0 Å². The van der Waals surface area contributed by atoms with Crippen LogP contribution in [0.1, 0.15) is 12.2 Å². The third kappa shape index (κ3) is 1.98. The highest BCUT2D eigenvalue weighted by atomic mass is 127. The highest BCUT2D eigenvalue weighted by molar-refractivity contribution is 14.1. The summed E-state index contributed by atoms with van der Waals surface area (Å²) in [5.74, 6) is -2.93. The molecular weight excluding hydrogens is 312 g/mol. The summed E-state index contributed by atoms with van der Waals surface area (Å²) >= 11 is 1.38. The van der Waals surface area contributed by atoms with Gasteiger partial charge in [0, 0.05) is 0 Å². The van der Waals surface area contributed by atoms with Gasteiger partial charge in [-0.2, -0.15) is 0 Å². The number of hydrogen-bond donors (Lipinski definition) is 0. The van der Waals surface area contributed by atoms with Crippen LogP contribution < -0.4 is 0 Å². The molecule has 0 saturated carbocycles. The maximum Gasteiger partial charge on any atom is 0.271 e. The van der Waals surface area contributed by atoms with Crippen molar-refractivity contribution in [3.05, 3.63) is 5.82 Å². The van der Waals surface area contributed by atoms with E-state index in [1.165, 1.54) is 22.6 Å². The van der Waals surface area contributed by atoms with E-state index in [0.717, 1.165) is 4.68 Å². The number of hydrogen-bond acceptors (Lipinski definition) is 3. The average molecular weight is 318 g/mol. The fourth-order valence-corrected chi connectivity index (χ4v) is 2.32. The largest absolute Gasteiger partial charge is 0.271 e. The Morgan fingerprint density at radius 2 is 2.07 bits per heavy atom. The molecule has 2 heterocycles. The standard InChI is InChI=1S/C6H6F3IN4/c7-5(8)2-6(9,10)1-4-11-12-13-14(4)3-5/h1-3H2. The fourth-order valence-electron chi connectivity index (χ4n) is 1.42. The van der Waals surface area contributed by atoms with Gasteiger partial charge in [-0.25, -0.2) is 17.9 Å². The zero-order chi connectivity index (χ0) is 10.4. The Balaban J connectivity index is 2.39. The zero-order valence-corrected chi connectivity index (χ0v) is 9.08. The minimum atomic E-state index is -3.10. The molecule has 2 rings (SSSR count). The lowest BCUT2D eigenvalue weighted by molar-refractivity contribution is -0.0424. The van der Waals surface area contributed by atoms with Crippen molar-refractivity contribution in [3.8, 4) is 0 Å². The lowest BCUT2D eigenvalue weighted by Crippen LogP contribution is -2.29. The number of aromatic nitrogens is 4. The van der Waals surface area contributed by atoms with Gasteiger partial charge in [-0.3, -0.25) is 0 Å². The van der Waals surface area contributed by atoms with E-state index in [0.29, 0.717) is 0 Å². The van der Waals surface area contributed by atoms with Crippen LogP contribution in [0.2, 0.25) is 0 Å². The summed E-state index contributed by atoms with van der Waals surface area (Å²) in [5.41, 5.74) is 0. The normalized spacial score (nSPS) is 30.9. The first-order chi connectivity index (χ1) is 6.38. The molecule has 0 spiro atoms. The first-order valence-corrected chi connectivity index (χ1v) is 4.97. The summed E-state index contributed by atoms with van der Waals surface area (Å²) in [6, 6.07) is 0. The first kappa shape index (κ1) is 10.1. The summed E-state index contributed by atoms with van der Waals surface area (Å²) in [6.45, 7) is -0.649. The third-order valence-electron chi connectivity index (χ3n) is 1.92. The highest BCUT2D eigenvalue weighted by Crippen LogP contribution is 2.39. The Bertz CT molecular complexity index is 320. The topological polar surface area (TPSA) is 43.6 Å². The van der Waals surface area contributed by atoms with Crippen molar-refractivity contribution in [2.24, 2.45) is 0 Å². The Morgan fingerprint density at radius 3 is 2.79 bits per heavy atom. The Hall–Kier alpha value is -0.410. The molecule has 1 aromatic heterocycles. The van der Waals surface area contributed by atoms with E-state index >= 15 is 0 Å². The van der Waals surface area contributed by atoms with Crippen LogP contribution in [-0.4, -0.2) is 29.8 Å². The molecule has 4 nitrogen and oxygen atoms in total. The lowest BCUT2D eigenvalue weighted by atomic mass is 10.1. The van der Waals surface area contributed by atoms with Crippen LogP contribution in [-0.2, 0) is 13.0 Å². The van der Waals surface area contributed by atoms with Crippen LogP contribution in [0, 0.1) is 0 Å². The Labute approximate surface area is 91.0 Å². The first-order valence-electron chi connectivity index (χ1n) is 3.89. The fraction of sp³-hybridized carbons (Fsp3) is 0.833. The van der Waals surface area contributed by atoms with Crippen molar-refractivity contribution in [2.75, 3.05) is 0 Å². The second-order valence-corrected chi connectivity index (χ2v) is 5.25. The number of halogens is 4. The molecule has 0 aliphatic carbocycles. The third-order valence-corrected chi connectivity index (χ3v) is 2.68. The molecule has 1 aliphatic rings. The SMILES string of the molecule is FC1(F)Cn2nnnc2CC(F)(I)C1. The van der Waals surface area contributed by atoms with Gasteiger partial charge in [0.1, 0.15) is 6.54 Å². The van der Waals surface area contributed by atoms with Gasteiger partial charge in [-0.05, 0) is 33.0 Å². The second kappa shape index (κ2) is 3.04. The molecule has 0 saturated heterocycles. The van der Waals surface area contributed by atoms with Crippen molar-refractivity contribution in [2.45, 2.75) is 29.0 Å². The molecule has 78 valence electrons. The molecule has 0 aromatic carbocycles. The molecular formula is C6H6F3IN4. The number of alkyl halides is 4. The lowest BCUT2D eigenvalue weighted by Gasteiger charge is -2.19. The second-order valence-electron chi connectivity index (χ2n) is 3.32. The minimum Gasteiger partial charge on any atom is -0.232 e. The summed E-state index contributed by atoms with van der Waals surface area (Å²) in [5, 5.41) is 10.1. The van der Waals surface area contributed by atoms with Crippen molar-refractivity contribution in [1.29, 1.82) is 0 Å². The molecule has 0 fully saturated rings. The van der Waals surface area contributed by atoms with E-state index in [4.69, 9.17) is 0 Å². The van der Waals surface area contributed by atoms with Crippen LogP contribution in [0.15, 0.2) is 0 Å². The van der Waals surface area contributed by atoms with Crippen LogP contribution in [0.3, 0.4) is 0 Å². The van der Waals surface area contributed by atoms with E-state index < -0.39 is 22.6 Å². The van der Waals surface area contributed by atoms with Crippen molar-refractivity contribution >= 4 is 22.6 Å². The van der Waals surface area contributed by atoms with Crippen LogP contribution >= 0.6 is 22.6 Å². The van der Waals surface area contributed by atoms with Gasteiger partial charge in [0.15, 0.2) is 9.50 Å². The Morgan fingerprint density at radius 1 is 1.36 bits per heavy atom. The Kier molecular flexibility index (Phi) is 2.20. The molecule has 0 amide bonds. The van der Waals surface area contributed by atoms with Gasteiger partial charge in [0.25, 0.3) is 5.92 Å². The molecule has 1 aliphatic heterocycles. The van der Waals surface area contributed by atoms with E-state index in [2.05, 4.69) is 15.5 Å². The van der Waals surface area contributed by atoms with Crippen molar-refractivity contribution < 1.29 is 13.2 Å².